The molecule has 0 bridgehead atoms. The van der Waals surface area contributed by atoms with Crippen molar-refractivity contribution < 1.29 is 4.79 Å². The zero-order chi connectivity index (χ0) is 19.2. The zero-order valence-electron chi connectivity index (χ0n) is 16.3. The van der Waals surface area contributed by atoms with E-state index < -0.39 is 0 Å². The van der Waals surface area contributed by atoms with Gasteiger partial charge in [-0.15, -0.1) is 0 Å². The first-order chi connectivity index (χ1) is 13.8. The van der Waals surface area contributed by atoms with Gasteiger partial charge in [0.15, 0.2) is 5.82 Å². The monoisotopic (exact) mass is 382 g/mol. The highest BCUT2D eigenvalue weighted by Gasteiger charge is 2.25. The Morgan fingerprint density at radius 1 is 1.11 bits per heavy atom. The van der Waals surface area contributed by atoms with E-state index in [2.05, 4.69) is 30.9 Å². The largest absolute Gasteiger partial charge is 0.368 e. The SMILES string of the molecule is O=C(CCNC1CCCC1)NCCNc1cccc(-c2ncc(C3CC3)[nH]2)n1. The van der Waals surface area contributed by atoms with Crippen molar-refractivity contribution in [1.29, 1.82) is 0 Å². The van der Waals surface area contributed by atoms with E-state index >= 15 is 0 Å². The Hall–Kier alpha value is -2.41. The number of carbonyl (C=O) groups excluding carboxylic acids is 1. The van der Waals surface area contributed by atoms with E-state index in [4.69, 9.17) is 0 Å². The van der Waals surface area contributed by atoms with Crippen LogP contribution in [0.1, 0.15) is 56.6 Å². The Morgan fingerprint density at radius 3 is 2.79 bits per heavy atom. The second-order valence-electron chi connectivity index (χ2n) is 7.83. The predicted molar refractivity (Wildman–Crippen MR) is 110 cm³/mol. The quantitative estimate of drug-likeness (QED) is 0.474. The van der Waals surface area contributed by atoms with Crippen LogP contribution in [0.15, 0.2) is 24.4 Å². The minimum atomic E-state index is 0.0946. The lowest BCUT2D eigenvalue weighted by Crippen LogP contribution is -2.33. The first-order valence-corrected chi connectivity index (χ1v) is 10.5. The smallest absolute Gasteiger partial charge is 0.221 e. The number of amides is 1. The van der Waals surface area contributed by atoms with E-state index in [0.29, 0.717) is 31.5 Å². The summed E-state index contributed by atoms with van der Waals surface area (Å²) in [7, 11) is 0. The van der Waals surface area contributed by atoms with Gasteiger partial charge in [-0.25, -0.2) is 9.97 Å². The summed E-state index contributed by atoms with van der Waals surface area (Å²) in [6.45, 7) is 1.99. The molecule has 4 rings (SSSR count). The van der Waals surface area contributed by atoms with Crippen LogP contribution in [0.4, 0.5) is 5.82 Å². The predicted octanol–water partition coefficient (Wildman–Crippen LogP) is 2.80. The molecular weight excluding hydrogens is 352 g/mol. The average Bonchev–Trinajstić information content (AvgIpc) is 3.21. The van der Waals surface area contributed by atoms with Crippen LogP contribution >= 0.6 is 0 Å². The third-order valence-corrected chi connectivity index (χ3v) is 5.50. The zero-order valence-corrected chi connectivity index (χ0v) is 16.3. The van der Waals surface area contributed by atoms with E-state index in [-0.39, 0.29) is 5.91 Å². The van der Waals surface area contributed by atoms with E-state index in [0.717, 1.165) is 23.9 Å². The molecule has 0 unspecified atom stereocenters. The molecule has 150 valence electrons. The molecule has 7 nitrogen and oxygen atoms in total. The van der Waals surface area contributed by atoms with Gasteiger partial charge in [-0.05, 0) is 37.8 Å². The Kier molecular flexibility index (Phi) is 6.21. The summed E-state index contributed by atoms with van der Waals surface area (Å²) < 4.78 is 0. The summed E-state index contributed by atoms with van der Waals surface area (Å²) in [5.41, 5.74) is 2.04. The minimum absolute atomic E-state index is 0.0946. The molecule has 2 aromatic heterocycles. The van der Waals surface area contributed by atoms with Crippen molar-refractivity contribution >= 4 is 11.7 Å². The molecule has 0 atom stereocenters. The molecule has 2 aromatic rings. The van der Waals surface area contributed by atoms with Crippen LogP contribution in [0.3, 0.4) is 0 Å². The van der Waals surface area contributed by atoms with Crippen LogP contribution in [0.25, 0.3) is 11.5 Å². The number of aromatic amines is 1. The van der Waals surface area contributed by atoms with Gasteiger partial charge in [0.2, 0.25) is 5.91 Å². The molecule has 2 aliphatic rings. The summed E-state index contributed by atoms with van der Waals surface area (Å²) in [6.07, 6.45) is 10.1. The first kappa shape index (κ1) is 18.9. The fraction of sp³-hybridized carbons (Fsp3) is 0.571. The first-order valence-electron chi connectivity index (χ1n) is 10.5. The lowest BCUT2D eigenvalue weighted by atomic mass is 10.2. The van der Waals surface area contributed by atoms with E-state index in [1.165, 1.54) is 44.2 Å². The second kappa shape index (κ2) is 9.19. The lowest BCUT2D eigenvalue weighted by Gasteiger charge is -2.12. The summed E-state index contributed by atoms with van der Waals surface area (Å²) in [6, 6.07) is 6.47. The van der Waals surface area contributed by atoms with Gasteiger partial charge in [-0.1, -0.05) is 18.9 Å². The second-order valence-corrected chi connectivity index (χ2v) is 7.83. The number of hydrogen-bond donors (Lipinski definition) is 4. The molecule has 0 spiro atoms. The van der Waals surface area contributed by atoms with Crippen LogP contribution < -0.4 is 16.0 Å². The molecule has 1 amide bonds. The fourth-order valence-electron chi connectivity index (χ4n) is 3.73. The fourth-order valence-corrected chi connectivity index (χ4v) is 3.73. The van der Waals surface area contributed by atoms with Gasteiger partial charge in [0.25, 0.3) is 0 Å². The van der Waals surface area contributed by atoms with E-state index in [1.807, 2.05) is 24.4 Å². The molecule has 0 saturated heterocycles. The molecular formula is C21H30N6O. The maximum Gasteiger partial charge on any atom is 0.221 e. The number of nitrogens with zero attached hydrogens (tertiary/aromatic N) is 2. The molecule has 28 heavy (non-hydrogen) atoms. The third-order valence-electron chi connectivity index (χ3n) is 5.50. The highest BCUT2D eigenvalue weighted by Crippen LogP contribution is 2.39. The van der Waals surface area contributed by atoms with Crippen molar-refractivity contribution in [3.8, 4) is 11.5 Å². The number of imidazole rings is 1. The molecule has 2 saturated carbocycles. The van der Waals surface area contributed by atoms with Crippen molar-refractivity contribution in [2.75, 3.05) is 25.0 Å². The number of aromatic nitrogens is 3. The molecule has 0 aliphatic heterocycles. The minimum Gasteiger partial charge on any atom is -0.368 e. The van der Waals surface area contributed by atoms with Crippen molar-refractivity contribution in [3.63, 3.8) is 0 Å². The molecule has 2 fully saturated rings. The molecule has 0 radical (unpaired) electrons. The lowest BCUT2D eigenvalue weighted by molar-refractivity contribution is -0.120. The number of rotatable bonds is 10. The Labute approximate surface area is 166 Å². The third kappa shape index (κ3) is 5.32. The molecule has 0 aromatic carbocycles. The van der Waals surface area contributed by atoms with Gasteiger partial charge in [-0.3, -0.25) is 4.79 Å². The van der Waals surface area contributed by atoms with Crippen molar-refractivity contribution in [1.82, 2.24) is 25.6 Å². The number of hydrogen-bond acceptors (Lipinski definition) is 5. The number of anilines is 1. The number of pyridine rings is 1. The van der Waals surface area contributed by atoms with Gasteiger partial charge < -0.3 is 20.9 Å². The van der Waals surface area contributed by atoms with Crippen LogP contribution in [0.5, 0.6) is 0 Å². The molecule has 2 aliphatic carbocycles. The Bertz CT molecular complexity index is 779. The molecule has 7 heteroatoms. The van der Waals surface area contributed by atoms with Crippen LogP contribution in [0, 0.1) is 0 Å². The Morgan fingerprint density at radius 2 is 1.96 bits per heavy atom. The molecule has 4 N–H and O–H groups in total. The molecule has 2 heterocycles. The van der Waals surface area contributed by atoms with E-state index in [1.54, 1.807) is 0 Å². The summed E-state index contributed by atoms with van der Waals surface area (Å²) in [5.74, 6) is 2.35. The maximum absolute atomic E-state index is 11.9. The Balaban J connectivity index is 1.16. The topological polar surface area (TPSA) is 94.7 Å². The van der Waals surface area contributed by atoms with E-state index in [9.17, 15) is 4.79 Å². The highest BCUT2D eigenvalue weighted by molar-refractivity contribution is 5.76. The van der Waals surface area contributed by atoms with Gasteiger partial charge in [0.1, 0.15) is 11.5 Å². The van der Waals surface area contributed by atoms with Crippen molar-refractivity contribution in [2.24, 2.45) is 0 Å². The van der Waals surface area contributed by atoms with Gasteiger partial charge in [0, 0.05) is 49.9 Å². The average molecular weight is 383 g/mol. The number of H-pyrrole nitrogens is 1. The standard InChI is InChI=1S/C21H30N6O/c28-20(10-11-22-16-4-1-2-5-16)24-13-12-23-19-7-3-6-17(26-19)21-25-14-18(27-21)15-8-9-15/h3,6-7,14-16,22H,1-2,4-5,8-13H2,(H,23,26)(H,24,28)(H,25,27). The van der Waals surface area contributed by atoms with Crippen LogP contribution in [-0.2, 0) is 4.79 Å². The summed E-state index contributed by atoms with van der Waals surface area (Å²) in [5, 5.41) is 9.70. The van der Waals surface area contributed by atoms with Crippen molar-refractivity contribution in [2.45, 2.75) is 56.9 Å². The van der Waals surface area contributed by atoms with Crippen molar-refractivity contribution in [3.05, 3.63) is 30.1 Å². The normalized spacial score (nSPS) is 17.0. The van der Waals surface area contributed by atoms with Gasteiger partial charge in [0.05, 0.1) is 0 Å². The number of carbonyl (C=O) groups is 1. The van der Waals surface area contributed by atoms with Gasteiger partial charge in [-0.2, -0.15) is 0 Å². The van der Waals surface area contributed by atoms with Crippen LogP contribution in [0.2, 0.25) is 0 Å². The van der Waals surface area contributed by atoms with Gasteiger partial charge >= 0.3 is 0 Å². The maximum atomic E-state index is 11.9. The number of nitrogens with one attached hydrogen (secondary N) is 4. The summed E-state index contributed by atoms with van der Waals surface area (Å²) in [4.78, 5) is 24.4. The van der Waals surface area contributed by atoms with Crippen LogP contribution in [-0.4, -0.2) is 46.5 Å². The summed E-state index contributed by atoms with van der Waals surface area (Å²) >= 11 is 0. The highest BCUT2D eigenvalue weighted by atomic mass is 16.1.